The van der Waals surface area contributed by atoms with Crippen LogP contribution in [0, 0.1) is 0 Å². The quantitative estimate of drug-likeness (QED) is 0.393. The number of ether oxygens (including phenoxy) is 1. The molecule has 0 saturated carbocycles. The Hall–Kier alpha value is 0.455. The predicted octanol–water partition coefficient (Wildman–Crippen LogP) is -4.05. The van der Waals surface area contributed by atoms with Crippen molar-refractivity contribution in [3.05, 3.63) is 0 Å². The molecule has 90 valence electrons. The van der Waals surface area contributed by atoms with Gasteiger partial charge in [0.15, 0.2) is 0 Å². The molecule has 6 heteroatoms. The monoisotopic (exact) mass is 239 g/mol. The summed E-state index contributed by atoms with van der Waals surface area (Å²) >= 11 is 0. The summed E-state index contributed by atoms with van der Waals surface area (Å²) in [7, 11) is 1.41. The SMILES string of the molecule is COC(=O)C(C)(C)N1CCC(O)CC1.[BH4-].[Na+]. The molecule has 1 fully saturated rings. The van der Waals surface area contributed by atoms with Crippen LogP contribution in [0.5, 0.6) is 0 Å². The summed E-state index contributed by atoms with van der Waals surface area (Å²) in [5, 5.41) is 9.35. The molecule has 4 nitrogen and oxygen atoms in total. The van der Waals surface area contributed by atoms with Gasteiger partial charge in [-0.15, -0.1) is 0 Å². The van der Waals surface area contributed by atoms with Gasteiger partial charge in [-0.1, -0.05) is 8.41 Å². The zero-order chi connectivity index (χ0) is 10.8. The van der Waals surface area contributed by atoms with E-state index in [1.807, 2.05) is 13.8 Å². The molecule has 0 radical (unpaired) electrons. The second-order valence-electron chi connectivity index (χ2n) is 4.27. The minimum atomic E-state index is -0.575. The molecule has 0 aliphatic carbocycles. The molecule has 1 saturated heterocycles. The van der Waals surface area contributed by atoms with Crippen molar-refractivity contribution in [3.8, 4) is 0 Å². The van der Waals surface area contributed by atoms with E-state index in [1.54, 1.807) is 0 Å². The van der Waals surface area contributed by atoms with Gasteiger partial charge in [-0.2, -0.15) is 0 Å². The van der Waals surface area contributed by atoms with E-state index in [2.05, 4.69) is 4.90 Å². The first-order chi connectivity index (χ1) is 6.48. The first kappa shape index (κ1) is 18.8. The Morgan fingerprint density at radius 3 is 2.19 bits per heavy atom. The molecule has 1 aliphatic rings. The van der Waals surface area contributed by atoms with Gasteiger partial charge in [0.05, 0.1) is 13.2 Å². The molecule has 0 amide bonds. The van der Waals surface area contributed by atoms with Crippen LogP contribution in [0.25, 0.3) is 0 Å². The predicted molar refractivity (Wildman–Crippen MR) is 64.2 cm³/mol. The zero-order valence-electron chi connectivity index (χ0n) is 10.1. The van der Waals surface area contributed by atoms with Crippen LogP contribution in [0.3, 0.4) is 0 Å². The zero-order valence-corrected chi connectivity index (χ0v) is 12.1. The number of methoxy groups -OCH3 is 1. The molecular formula is C10H23BNNaO3. The molecule has 0 aromatic heterocycles. The molecule has 1 aliphatic heterocycles. The molecule has 0 spiro atoms. The fourth-order valence-electron chi connectivity index (χ4n) is 1.80. The van der Waals surface area contributed by atoms with Crippen molar-refractivity contribution < 1.29 is 44.2 Å². The maximum Gasteiger partial charge on any atom is 1.00 e. The Kier molecular flexibility index (Phi) is 9.07. The van der Waals surface area contributed by atoms with Crippen LogP contribution in [0.2, 0.25) is 0 Å². The summed E-state index contributed by atoms with van der Waals surface area (Å²) in [6.07, 6.45) is 1.26. The van der Waals surface area contributed by atoms with Crippen LogP contribution in [-0.2, 0) is 9.53 Å². The number of nitrogens with zero attached hydrogens (tertiary/aromatic N) is 1. The largest absolute Gasteiger partial charge is 1.00 e. The van der Waals surface area contributed by atoms with Gasteiger partial charge in [-0.05, 0) is 26.7 Å². The third kappa shape index (κ3) is 4.38. The van der Waals surface area contributed by atoms with Crippen molar-refractivity contribution in [1.29, 1.82) is 0 Å². The van der Waals surface area contributed by atoms with E-state index in [1.165, 1.54) is 7.11 Å². The van der Waals surface area contributed by atoms with Crippen LogP contribution in [0.1, 0.15) is 26.7 Å². The minimum absolute atomic E-state index is 0. The number of aliphatic hydroxyl groups is 1. The van der Waals surface area contributed by atoms with Crippen molar-refractivity contribution in [2.75, 3.05) is 20.2 Å². The maximum atomic E-state index is 11.5. The summed E-state index contributed by atoms with van der Waals surface area (Å²) in [6, 6.07) is 0. The Morgan fingerprint density at radius 2 is 1.81 bits per heavy atom. The fraction of sp³-hybridized carbons (Fsp3) is 0.900. The second-order valence-corrected chi connectivity index (χ2v) is 4.27. The van der Waals surface area contributed by atoms with Gasteiger partial charge in [0.1, 0.15) is 5.54 Å². The van der Waals surface area contributed by atoms with E-state index in [9.17, 15) is 9.90 Å². The smallest absolute Gasteiger partial charge is 0.468 e. The van der Waals surface area contributed by atoms with E-state index in [-0.39, 0.29) is 50.0 Å². The van der Waals surface area contributed by atoms with Crippen molar-refractivity contribution >= 4 is 14.4 Å². The molecule has 0 aromatic carbocycles. The summed E-state index contributed by atoms with van der Waals surface area (Å²) in [5.41, 5.74) is -0.575. The van der Waals surface area contributed by atoms with Gasteiger partial charge in [-0.3, -0.25) is 9.69 Å². The number of rotatable bonds is 2. The third-order valence-electron chi connectivity index (χ3n) is 2.94. The first-order valence-electron chi connectivity index (χ1n) is 5.00. The number of hydrogen-bond donors (Lipinski definition) is 1. The van der Waals surface area contributed by atoms with Gasteiger partial charge < -0.3 is 9.84 Å². The van der Waals surface area contributed by atoms with Gasteiger partial charge in [0.2, 0.25) is 0 Å². The van der Waals surface area contributed by atoms with Crippen LogP contribution < -0.4 is 29.6 Å². The van der Waals surface area contributed by atoms with Crippen molar-refractivity contribution in [2.24, 2.45) is 0 Å². The van der Waals surface area contributed by atoms with E-state index in [4.69, 9.17) is 4.74 Å². The van der Waals surface area contributed by atoms with E-state index < -0.39 is 5.54 Å². The van der Waals surface area contributed by atoms with Crippen LogP contribution in [0.15, 0.2) is 0 Å². The molecule has 0 bridgehead atoms. The van der Waals surface area contributed by atoms with Crippen molar-refractivity contribution in [3.63, 3.8) is 0 Å². The van der Waals surface area contributed by atoms with E-state index in [0.717, 1.165) is 25.9 Å². The van der Waals surface area contributed by atoms with Crippen molar-refractivity contribution in [2.45, 2.75) is 38.3 Å². The number of hydrogen-bond acceptors (Lipinski definition) is 4. The normalized spacial score (nSPS) is 18.2. The number of likely N-dealkylation sites (tertiary alicyclic amines) is 1. The summed E-state index contributed by atoms with van der Waals surface area (Å²) in [4.78, 5) is 13.5. The summed E-state index contributed by atoms with van der Waals surface area (Å²) in [6.45, 7) is 5.22. The van der Waals surface area contributed by atoms with Gasteiger partial charge >= 0.3 is 35.5 Å². The molecular weight excluding hydrogens is 216 g/mol. The summed E-state index contributed by atoms with van der Waals surface area (Å²) < 4.78 is 4.75. The topological polar surface area (TPSA) is 49.8 Å². The second kappa shape index (κ2) is 7.72. The van der Waals surface area contributed by atoms with E-state index >= 15 is 0 Å². The minimum Gasteiger partial charge on any atom is -0.468 e. The molecule has 1 N–H and O–H groups in total. The van der Waals surface area contributed by atoms with Crippen LogP contribution in [-0.4, -0.2) is 56.2 Å². The van der Waals surface area contributed by atoms with E-state index in [0.29, 0.717) is 0 Å². The third-order valence-corrected chi connectivity index (χ3v) is 2.94. The van der Waals surface area contributed by atoms with Crippen molar-refractivity contribution in [1.82, 2.24) is 4.90 Å². The average molecular weight is 239 g/mol. The molecule has 0 atom stereocenters. The van der Waals surface area contributed by atoms with Gasteiger partial charge in [0.25, 0.3) is 0 Å². The van der Waals surface area contributed by atoms with Gasteiger partial charge in [-0.25, -0.2) is 0 Å². The molecule has 0 unspecified atom stereocenters. The Bertz CT molecular complexity index is 218. The Morgan fingerprint density at radius 1 is 1.38 bits per heavy atom. The fourth-order valence-corrected chi connectivity index (χ4v) is 1.80. The number of esters is 1. The van der Waals surface area contributed by atoms with Crippen LogP contribution in [0.4, 0.5) is 0 Å². The molecule has 1 heterocycles. The number of aliphatic hydroxyl groups excluding tert-OH is 1. The first-order valence-corrected chi connectivity index (χ1v) is 5.00. The number of piperidine rings is 1. The summed E-state index contributed by atoms with van der Waals surface area (Å²) in [5.74, 6) is -0.214. The number of carbonyl (C=O) groups excluding carboxylic acids is 1. The molecule has 16 heavy (non-hydrogen) atoms. The maximum absolute atomic E-state index is 11.5. The Balaban J connectivity index is 0. The molecule has 0 aromatic rings. The Labute approximate surface area is 122 Å². The average Bonchev–Trinajstić information content (AvgIpc) is 2.17. The molecule has 1 rings (SSSR count). The van der Waals surface area contributed by atoms with Gasteiger partial charge in [0, 0.05) is 13.1 Å². The van der Waals surface area contributed by atoms with Crippen LogP contribution >= 0.6 is 0 Å². The standard InChI is InChI=1S/C10H19NO3.BH4.Na/c1-10(2,9(13)14-3)11-6-4-8(12)5-7-11;;/h8,12H,4-7H2,1-3H3;1H4;/q;-1;+1. The number of carbonyl (C=O) groups is 1.